The van der Waals surface area contributed by atoms with Crippen molar-refractivity contribution < 1.29 is 4.74 Å². The van der Waals surface area contributed by atoms with Crippen LogP contribution >= 0.6 is 11.3 Å². The van der Waals surface area contributed by atoms with Crippen molar-refractivity contribution >= 4 is 17.0 Å². The summed E-state index contributed by atoms with van der Waals surface area (Å²) in [7, 11) is 0. The van der Waals surface area contributed by atoms with Gasteiger partial charge in [-0.25, -0.2) is 9.97 Å². The van der Waals surface area contributed by atoms with Gasteiger partial charge in [-0.15, -0.1) is 0 Å². The number of aromatic nitrogens is 2. The van der Waals surface area contributed by atoms with Gasteiger partial charge in [-0.1, -0.05) is 11.3 Å². The van der Waals surface area contributed by atoms with Gasteiger partial charge in [0.2, 0.25) is 0 Å². The molecule has 108 valence electrons. The number of thiazole rings is 1. The standard InChI is InChI=1S/C15H16N4OS/c16-8-13-3-4-14(9-18-13)19-6-1-2-12(10-19)11-20-15-17-5-7-21-15/h3-5,7,9,12H,1-2,6,10-11H2. The lowest BCUT2D eigenvalue weighted by atomic mass is 9.98. The predicted molar refractivity (Wildman–Crippen MR) is 81.5 cm³/mol. The number of hydrogen-bond donors (Lipinski definition) is 0. The molecule has 1 saturated heterocycles. The van der Waals surface area contributed by atoms with Crippen LogP contribution in [0, 0.1) is 17.2 Å². The van der Waals surface area contributed by atoms with Crippen molar-refractivity contribution in [2.24, 2.45) is 5.92 Å². The number of pyridine rings is 1. The lowest BCUT2D eigenvalue weighted by Gasteiger charge is -2.33. The predicted octanol–water partition coefficient (Wildman–Crippen LogP) is 2.71. The molecule has 0 bridgehead atoms. The normalized spacial score (nSPS) is 18.2. The van der Waals surface area contributed by atoms with Gasteiger partial charge in [-0.2, -0.15) is 5.26 Å². The van der Waals surface area contributed by atoms with Crippen LogP contribution in [0.1, 0.15) is 18.5 Å². The first-order valence-corrected chi connectivity index (χ1v) is 7.86. The number of hydrogen-bond acceptors (Lipinski definition) is 6. The molecule has 6 heteroatoms. The second-order valence-corrected chi connectivity index (χ2v) is 5.93. The third kappa shape index (κ3) is 3.50. The Kier molecular flexibility index (Phi) is 4.31. The molecule has 1 unspecified atom stereocenters. The van der Waals surface area contributed by atoms with E-state index in [1.807, 2.05) is 17.5 Å². The van der Waals surface area contributed by atoms with Crippen LogP contribution in [0.2, 0.25) is 0 Å². The number of anilines is 1. The zero-order valence-corrected chi connectivity index (χ0v) is 12.4. The molecule has 1 fully saturated rings. The Balaban J connectivity index is 1.58. The van der Waals surface area contributed by atoms with Crippen LogP contribution in [0.25, 0.3) is 0 Å². The molecule has 5 nitrogen and oxygen atoms in total. The van der Waals surface area contributed by atoms with Gasteiger partial charge in [0, 0.05) is 30.6 Å². The van der Waals surface area contributed by atoms with Crippen LogP contribution in [0.4, 0.5) is 5.69 Å². The fourth-order valence-electron chi connectivity index (χ4n) is 2.55. The van der Waals surface area contributed by atoms with Crippen molar-refractivity contribution in [3.8, 4) is 11.3 Å². The molecule has 1 atom stereocenters. The molecule has 3 heterocycles. The van der Waals surface area contributed by atoms with E-state index < -0.39 is 0 Å². The summed E-state index contributed by atoms with van der Waals surface area (Å²) < 4.78 is 5.73. The second kappa shape index (κ2) is 6.55. The molecule has 3 rings (SSSR count). The molecular formula is C15H16N4OS. The van der Waals surface area contributed by atoms with E-state index in [4.69, 9.17) is 10.00 Å². The van der Waals surface area contributed by atoms with Gasteiger partial charge in [-0.05, 0) is 25.0 Å². The summed E-state index contributed by atoms with van der Waals surface area (Å²) in [5.41, 5.74) is 1.53. The van der Waals surface area contributed by atoms with Gasteiger partial charge in [0.1, 0.15) is 11.8 Å². The molecule has 2 aromatic heterocycles. The highest BCUT2D eigenvalue weighted by atomic mass is 32.1. The van der Waals surface area contributed by atoms with Gasteiger partial charge in [0.05, 0.1) is 18.5 Å². The number of piperidine rings is 1. The van der Waals surface area contributed by atoms with Gasteiger partial charge >= 0.3 is 0 Å². The maximum Gasteiger partial charge on any atom is 0.273 e. The van der Waals surface area contributed by atoms with Crippen LogP contribution < -0.4 is 9.64 Å². The van der Waals surface area contributed by atoms with E-state index in [2.05, 4.69) is 14.9 Å². The number of ether oxygens (including phenoxy) is 1. The largest absolute Gasteiger partial charge is 0.470 e. The van der Waals surface area contributed by atoms with Crippen molar-refractivity contribution in [1.29, 1.82) is 5.26 Å². The monoisotopic (exact) mass is 300 g/mol. The van der Waals surface area contributed by atoms with E-state index >= 15 is 0 Å². The first kappa shape index (κ1) is 13.8. The summed E-state index contributed by atoms with van der Waals surface area (Å²) in [5.74, 6) is 0.498. The molecule has 21 heavy (non-hydrogen) atoms. The lowest BCUT2D eigenvalue weighted by Crippen LogP contribution is -2.37. The highest BCUT2D eigenvalue weighted by Gasteiger charge is 2.21. The van der Waals surface area contributed by atoms with E-state index in [0.29, 0.717) is 18.2 Å². The molecule has 0 aliphatic carbocycles. The summed E-state index contributed by atoms with van der Waals surface area (Å²) in [4.78, 5) is 10.6. The highest BCUT2D eigenvalue weighted by molar-refractivity contribution is 7.11. The minimum absolute atomic E-state index is 0.458. The summed E-state index contributed by atoms with van der Waals surface area (Å²) in [6.45, 7) is 2.69. The van der Waals surface area contributed by atoms with Crippen molar-refractivity contribution in [3.63, 3.8) is 0 Å². The Morgan fingerprint density at radius 1 is 1.43 bits per heavy atom. The smallest absolute Gasteiger partial charge is 0.273 e. The summed E-state index contributed by atoms with van der Waals surface area (Å²) in [6.07, 6.45) is 5.86. The van der Waals surface area contributed by atoms with Gasteiger partial charge in [0.15, 0.2) is 0 Å². The first-order chi connectivity index (χ1) is 10.3. The second-order valence-electron chi connectivity index (χ2n) is 5.08. The van der Waals surface area contributed by atoms with E-state index in [1.165, 1.54) is 17.8 Å². The minimum atomic E-state index is 0.458. The molecule has 0 saturated carbocycles. The van der Waals surface area contributed by atoms with Crippen molar-refractivity contribution in [2.75, 3.05) is 24.6 Å². The average Bonchev–Trinajstić information content (AvgIpc) is 3.07. The Morgan fingerprint density at radius 2 is 2.38 bits per heavy atom. The fraction of sp³-hybridized carbons (Fsp3) is 0.400. The van der Waals surface area contributed by atoms with Crippen LogP contribution in [-0.2, 0) is 0 Å². The molecule has 0 spiro atoms. The Morgan fingerprint density at radius 3 is 3.10 bits per heavy atom. The lowest BCUT2D eigenvalue weighted by molar-refractivity contribution is 0.228. The molecule has 1 aliphatic heterocycles. The highest BCUT2D eigenvalue weighted by Crippen LogP contribution is 2.24. The maximum atomic E-state index is 8.79. The third-order valence-corrected chi connectivity index (χ3v) is 4.28. The van der Waals surface area contributed by atoms with Gasteiger partial charge in [0.25, 0.3) is 5.19 Å². The van der Waals surface area contributed by atoms with E-state index in [9.17, 15) is 0 Å². The summed E-state index contributed by atoms with van der Waals surface area (Å²) in [5, 5.41) is 11.5. The van der Waals surface area contributed by atoms with Crippen molar-refractivity contribution in [3.05, 3.63) is 35.6 Å². The molecule has 2 aromatic rings. The summed E-state index contributed by atoms with van der Waals surface area (Å²) in [6, 6.07) is 5.78. The van der Waals surface area contributed by atoms with Crippen LogP contribution in [0.15, 0.2) is 29.9 Å². The Hall–Kier alpha value is -2.13. The van der Waals surface area contributed by atoms with Crippen LogP contribution in [0.3, 0.4) is 0 Å². The zero-order valence-electron chi connectivity index (χ0n) is 11.6. The van der Waals surface area contributed by atoms with Gasteiger partial charge < -0.3 is 9.64 Å². The van der Waals surface area contributed by atoms with E-state index in [0.717, 1.165) is 30.4 Å². The average molecular weight is 300 g/mol. The SMILES string of the molecule is N#Cc1ccc(N2CCCC(COc3nccs3)C2)cn1. The molecular weight excluding hydrogens is 284 g/mol. The van der Waals surface area contributed by atoms with Crippen LogP contribution in [-0.4, -0.2) is 29.7 Å². The molecule has 0 aromatic carbocycles. The number of rotatable bonds is 4. The topological polar surface area (TPSA) is 62.0 Å². The molecule has 1 aliphatic rings. The maximum absolute atomic E-state index is 8.79. The van der Waals surface area contributed by atoms with Crippen molar-refractivity contribution in [1.82, 2.24) is 9.97 Å². The molecule has 0 amide bonds. The number of nitriles is 1. The van der Waals surface area contributed by atoms with E-state index in [1.54, 1.807) is 18.5 Å². The van der Waals surface area contributed by atoms with Crippen LogP contribution in [0.5, 0.6) is 5.19 Å². The van der Waals surface area contributed by atoms with Gasteiger partial charge in [-0.3, -0.25) is 0 Å². The zero-order chi connectivity index (χ0) is 14.5. The minimum Gasteiger partial charge on any atom is -0.470 e. The molecule has 0 N–H and O–H groups in total. The van der Waals surface area contributed by atoms with E-state index in [-0.39, 0.29) is 0 Å². The summed E-state index contributed by atoms with van der Waals surface area (Å²) >= 11 is 1.53. The Labute approximate surface area is 127 Å². The quantitative estimate of drug-likeness (QED) is 0.868. The van der Waals surface area contributed by atoms with Crippen molar-refractivity contribution in [2.45, 2.75) is 12.8 Å². The molecule has 0 radical (unpaired) electrons. The Bertz CT molecular complexity index is 606. The number of nitrogens with zero attached hydrogens (tertiary/aromatic N) is 4. The third-order valence-electron chi connectivity index (χ3n) is 3.60. The fourth-order valence-corrected chi connectivity index (χ4v) is 3.04. The first-order valence-electron chi connectivity index (χ1n) is 6.98.